The van der Waals surface area contributed by atoms with Crippen LogP contribution in [-0.2, 0) is 20.2 Å². The van der Waals surface area contributed by atoms with Gasteiger partial charge < -0.3 is 8.37 Å². The van der Waals surface area contributed by atoms with Gasteiger partial charge in [0.1, 0.15) is 11.5 Å². The summed E-state index contributed by atoms with van der Waals surface area (Å²) < 4.78 is 56.3. The van der Waals surface area contributed by atoms with E-state index in [0.29, 0.717) is 0 Å². The number of hydrogen-bond donors (Lipinski definition) is 0. The highest BCUT2D eigenvalue weighted by molar-refractivity contribution is 8.04. The van der Waals surface area contributed by atoms with Crippen LogP contribution in [0, 0.1) is 0 Å². The average molecular weight is 328 g/mol. The fourth-order valence-electron chi connectivity index (χ4n) is 1.47. The van der Waals surface area contributed by atoms with Gasteiger partial charge in [0.2, 0.25) is 5.08 Å². The predicted molar refractivity (Wildman–Crippen MR) is 76.8 cm³/mol. The van der Waals surface area contributed by atoms with E-state index in [1.165, 1.54) is 24.3 Å². The first-order valence-electron chi connectivity index (χ1n) is 5.81. The second kappa shape index (κ2) is 6.15. The van der Waals surface area contributed by atoms with Crippen LogP contribution in [0.3, 0.4) is 0 Å². The topological polar surface area (TPSA) is 86.7 Å². The van der Waals surface area contributed by atoms with Gasteiger partial charge >= 0.3 is 20.2 Å². The van der Waals surface area contributed by atoms with Crippen LogP contribution < -0.4 is 8.37 Å². The van der Waals surface area contributed by atoms with Crippen molar-refractivity contribution in [2.24, 2.45) is 0 Å². The largest absolute Gasteiger partial charge is 0.382 e. The number of benzene rings is 2. The Morgan fingerprint density at radius 3 is 1.29 bits per heavy atom. The van der Waals surface area contributed by atoms with Crippen LogP contribution in [0.25, 0.3) is 0 Å². The highest BCUT2D eigenvalue weighted by atomic mass is 32.3. The first kappa shape index (κ1) is 15.3. The minimum atomic E-state index is -4.33. The Hall–Kier alpha value is -2.06. The maximum Gasteiger partial charge on any atom is 0.327 e. The molecule has 0 saturated heterocycles. The van der Waals surface area contributed by atoms with E-state index in [1.54, 1.807) is 36.4 Å². The first-order valence-corrected chi connectivity index (χ1v) is 8.96. The fraction of sp³-hybridized carbons (Fsp3) is 0.0769. The van der Waals surface area contributed by atoms with E-state index in [0.717, 1.165) is 0 Å². The van der Waals surface area contributed by atoms with E-state index in [9.17, 15) is 16.8 Å². The highest BCUT2D eigenvalue weighted by Gasteiger charge is 2.26. The Balaban J connectivity index is 2.09. The van der Waals surface area contributed by atoms with Gasteiger partial charge in [0, 0.05) is 0 Å². The van der Waals surface area contributed by atoms with Crippen molar-refractivity contribution in [2.75, 3.05) is 5.08 Å². The van der Waals surface area contributed by atoms with Gasteiger partial charge in [-0.05, 0) is 24.3 Å². The number of hydrogen-bond acceptors (Lipinski definition) is 6. The molecule has 21 heavy (non-hydrogen) atoms. The molecule has 0 N–H and O–H groups in total. The molecule has 0 unspecified atom stereocenters. The second-order valence-corrected chi connectivity index (χ2v) is 7.53. The second-order valence-electron chi connectivity index (χ2n) is 4.03. The molecule has 6 nitrogen and oxygen atoms in total. The Morgan fingerprint density at radius 2 is 0.952 bits per heavy atom. The van der Waals surface area contributed by atoms with Crippen LogP contribution in [0.5, 0.6) is 11.5 Å². The molecule has 0 aromatic heterocycles. The van der Waals surface area contributed by atoms with E-state index in [2.05, 4.69) is 8.37 Å². The minimum absolute atomic E-state index is 0.0346. The third-order valence-corrected chi connectivity index (χ3v) is 5.42. The summed E-state index contributed by atoms with van der Waals surface area (Å²) >= 11 is 0. The summed E-state index contributed by atoms with van der Waals surface area (Å²) in [5, 5.41) is -1.27. The third-order valence-electron chi connectivity index (χ3n) is 2.22. The van der Waals surface area contributed by atoms with Crippen molar-refractivity contribution in [3.63, 3.8) is 0 Å². The van der Waals surface area contributed by atoms with Crippen LogP contribution in [0.2, 0.25) is 0 Å². The standard InChI is InChI=1S/C13H12O6S2/c14-20(15,18-12-7-3-1-4-8-12)11-21(16,17)19-13-9-5-2-6-10-13/h1-10H,11H2. The quantitative estimate of drug-likeness (QED) is 0.751. The maximum absolute atomic E-state index is 11.7. The molecule has 0 spiro atoms. The normalized spacial score (nSPS) is 11.8. The minimum Gasteiger partial charge on any atom is -0.382 e. The Morgan fingerprint density at radius 1 is 0.619 bits per heavy atom. The van der Waals surface area contributed by atoms with Crippen molar-refractivity contribution in [3.05, 3.63) is 60.7 Å². The van der Waals surface area contributed by atoms with Gasteiger partial charge in [0.05, 0.1) is 0 Å². The molecular weight excluding hydrogens is 316 g/mol. The zero-order chi connectivity index (χ0) is 15.3. The molecule has 2 aromatic carbocycles. The van der Waals surface area contributed by atoms with E-state index in [-0.39, 0.29) is 11.5 Å². The summed E-state index contributed by atoms with van der Waals surface area (Å²) in [5.74, 6) is 0.0693. The van der Waals surface area contributed by atoms with Gasteiger partial charge in [-0.25, -0.2) is 0 Å². The lowest BCUT2D eigenvalue weighted by molar-refractivity contribution is 0.475. The van der Waals surface area contributed by atoms with Crippen molar-refractivity contribution in [1.82, 2.24) is 0 Å². The lowest BCUT2D eigenvalue weighted by Gasteiger charge is -2.08. The van der Waals surface area contributed by atoms with E-state index >= 15 is 0 Å². The molecule has 0 heterocycles. The summed E-state index contributed by atoms with van der Waals surface area (Å²) in [6.45, 7) is 0. The molecular formula is C13H12O6S2. The first-order chi connectivity index (χ1) is 9.86. The molecule has 0 atom stereocenters. The summed E-state index contributed by atoms with van der Waals surface area (Å²) in [6.07, 6.45) is 0. The third kappa shape index (κ3) is 5.09. The van der Waals surface area contributed by atoms with Gasteiger partial charge in [-0.3, -0.25) is 0 Å². The van der Waals surface area contributed by atoms with Crippen molar-refractivity contribution in [1.29, 1.82) is 0 Å². The van der Waals surface area contributed by atoms with Crippen molar-refractivity contribution in [3.8, 4) is 11.5 Å². The molecule has 0 aliphatic rings. The molecule has 0 radical (unpaired) electrons. The zero-order valence-corrected chi connectivity index (χ0v) is 12.4. The monoisotopic (exact) mass is 328 g/mol. The maximum atomic E-state index is 11.7. The molecule has 0 aliphatic heterocycles. The van der Waals surface area contributed by atoms with Crippen LogP contribution in [0.1, 0.15) is 0 Å². The van der Waals surface area contributed by atoms with Crippen molar-refractivity contribution < 1.29 is 25.2 Å². The molecule has 0 amide bonds. The lowest BCUT2D eigenvalue weighted by Crippen LogP contribution is -2.24. The van der Waals surface area contributed by atoms with Gasteiger partial charge in [-0.15, -0.1) is 0 Å². The number of rotatable bonds is 6. The lowest BCUT2D eigenvalue weighted by atomic mass is 10.3. The van der Waals surface area contributed by atoms with E-state index < -0.39 is 25.3 Å². The average Bonchev–Trinajstić information content (AvgIpc) is 2.38. The van der Waals surface area contributed by atoms with E-state index in [4.69, 9.17) is 0 Å². The van der Waals surface area contributed by atoms with Crippen molar-refractivity contribution in [2.45, 2.75) is 0 Å². The molecule has 8 heteroatoms. The molecule has 0 bridgehead atoms. The predicted octanol–water partition coefficient (Wildman–Crippen LogP) is 1.76. The van der Waals surface area contributed by atoms with Crippen LogP contribution in [-0.4, -0.2) is 21.9 Å². The number of para-hydroxylation sites is 2. The fourth-order valence-corrected chi connectivity index (χ4v) is 4.08. The summed E-state index contributed by atoms with van der Waals surface area (Å²) in [6, 6.07) is 15.2. The Kier molecular flexibility index (Phi) is 4.49. The van der Waals surface area contributed by atoms with Gasteiger partial charge in [0.25, 0.3) is 0 Å². The molecule has 0 fully saturated rings. The van der Waals surface area contributed by atoms with Crippen LogP contribution in [0.4, 0.5) is 0 Å². The summed E-state index contributed by atoms with van der Waals surface area (Å²) in [4.78, 5) is 0. The summed E-state index contributed by atoms with van der Waals surface area (Å²) in [7, 11) is -8.65. The molecule has 2 aromatic rings. The molecule has 0 aliphatic carbocycles. The SMILES string of the molecule is O=S(=O)(CS(=O)(=O)Oc1ccccc1)Oc1ccccc1. The molecule has 0 saturated carbocycles. The van der Waals surface area contributed by atoms with Crippen molar-refractivity contribution >= 4 is 20.2 Å². The van der Waals surface area contributed by atoms with Gasteiger partial charge in [0.15, 0.2) is 0 Å². The summed E-state index contributed by atoms with van der Waals surface area (Å²) in [5.41, 5.74) is 0. The molecule has 112 valence electrons. The van der Waals surface area contributed by atoms with Gasteiger partial charge in [-0.1, -0.05) is 36.4 Å². The Bertz CT molecular complexity index is 714. The van der Waals surface area contributed by atoms with Crippen LogP contribution in [0.15, 0.2) is 60.7 Å². The smallest absolute Gasteiger partial charge is 0.327 e. The zero-order valence-electron chi connectivity index (χ0n) is 10.7. The van der Waals surface area contributed by atoms with Gasteiger partial charge in [-0.2, -0.15) is 16.8 Å². The van der Waals surface area contributed by atoms with E-state index in [1.807, 2.05) is 0 Å². The molecule has 2 rings (SSSR count). The highest BCUT2D eigenvalue weighted by Crippen LogP contribution is 2.16. The van der Waals surface area contributed by atoms with Crippen LogP contribution >= 0.6 is 0 Å². The Labute approximate surface area is 123 Å².